The maximum atomic E-state index is 10.6. The quantitative estimate of drug-likeness (QED) is 0.761. The van der Waals surface area contributed by atoms with Crippen molar-refractivity contribution in [1.29, 1.82) is 0 Å². The van der Waals surface area contributed by atoms with Crippen LogP contribution in [-0.2, 0) is 0 Å². The van der Waals surface area contributed by atoms with Gasteiger partial charge in [-0.3, -0.25) is 4.79 Å². The molecule has 3 heteroatoms. The van der Waals surface area contributed by atoms with Crippen molar-refractivity contribution >= 4 is 33.1 Å². The summed E-state index contributed by atoms with van der Waals surface area (Å²) in [6, 6.07) is 3.89. The number of carbonyl (C=O) groups is 1. The highest BCUT2D eigenvalue weighted by Crippen LogP contribution is 2.26. The lowest BCUT2D eigenvalue weighted by Crippen LogP contribution is -1.79. The Balaban J connectivity index is 2.88. The molecule has 0 saturated carbocycles. The Labute approximate surface area is 84.1 Å². The number of hydrogen-bond donors (Lipinski definition) is 1. The van der Waals surface area contributed by atoms with Gasteiger partial charge in [0, 0.05) is 21.6 Å². The van der Waals surface area contributed by atoms with Crippen molar-refractivity contribution in [2.24, 2.45) is 0 Å². The van der Waals surface area contributed by atoms with Gasteiger partial charge in [0.2, 0.25) is 0 Å². The van der Waals surface area contributed by atoms with E-state index in [1.165, 1.54) is 0 Å². The molecule has 1 aromatic heterocycles. The number of hydrogen-bond acceptors (Lipinski definition) is 1. The number of aromatic amines is 1. The minimum atomic E-state index is 0.714. The molecule has 1 N–H and O–H groups in total. The van der Waals surface area contributed by atoms with Crippen LogP contribution in [0.15, 0.2) is 22.8 Å². The molecule has 66 valence electrons. The molecule has 1 heterocycles. The molecule has 1 aromatic carbocycles. The molecule has 0 aliphatic rings. The third-order valence-electron chi connectivity index (χ3n) is 2.21. The summed E-state index contributed by atoms with van der Waals surface area (Å²) >= 11 is 3.44. The van der Waals surface area contributed by atoms with E-state index in [1.807, 2.05) is 19.1 Å². The van der Waals surface area contributed by atoms with Crippen LogP contribution in [0.2, 0.25) is 0 Å². The van der Waals surface area contributed by atoms with Crippen LogP contribution in [0.4, 0.5) is 0 Å². The van der Waals surface area contributed by atoms with Gasteiger partial charge < -0.3 is 4.98 Å². The highest BCUT2D eigenvalue weighted by Gasteiger charge is 2.06. The van der Waals surface area contributed by atoms with Crippen LogP contribution < -0.4 is 0 Å². The van der Waals surface area contributed by atoms with E-state index in [4.69, 9.17) is 0 Å². The fraction of sp³-hybridized carbons (Fsp3) is 0.100. The van der Waals surface area contributed by atoms with Gasteiger partial charge in [-0.25, -0.2) is 0 Å². The monoisotopic (exact) mass is 237 g/mol. The maximum absolute atomic E-state index is 10.6. The molecule has 0 aliphatic carbocycles. The molecule has 0 aliphatic heterocycles. The maximum Gasteiger partial charge on any atom is 0.152 e. The molecular formula is C10H8BrNO. The Bertz CT molecular complexity index is 473. The Morgan fingerprint density at radius 2 is 2.23 bits per heavy atom. The molecule has 2 rings (SSSR count). The molecule has 0 saturated heterocycles. The summed E-state index contributed by atoms with van der Waals surface area (Å²) in [6.07, 6.45) is 2.60. The van der Waals surface area contributed by atoms with E-state index in [0.717, 1.165) is 27.2 Å². The normalized spacial score (nSPS) is 10.6. The average molecular weight is 238 g/mol. The Morgan fingerprint density at radius 1 is 1.46 bits per heavy atom. The standard InChI is InChI=1S/C10H8BrNO/c1-6-9(11)3-2-8-7(5-13)4-12-10(6)8/h2-5,12H,1H3. The minimum Gasteiger partial charge on any atom is -0.360 e. The lowest BCUT2D eigenvalue weighted by atomic mass is 10.1. The minimum absolute atomic E-state index is 0.714. The van der Waals surface area contributed by atoms with Gasteiger partial charge in [0.05, 0.1) is 5.52 Å². The predicted molar refractivity (Wildman–Crippen MR) is 56.1 cm³/mol. The largest absolute Gasteiger partial charge is 0.360 e. The van der Waals surface area contributed by atoms with Crippen LogP contribution in [0.25, 0.3) is 10.9 Å². The lowest BCUT2D eigenvalue weighted by Gasteiger charge is -1.98. The van der Waals surface area contributed by atoms with Crippen LogP contribution in [-0.4, -0.2) is 11.3 Å². The summed E-state index contributed by atoms with van der Waals surface area (Å²) < 4.78 is 1.05. The number of benzene rings is 1. The number of aryl methyl sites for hydroxylation is 1. The highest BCUT2D eigenvalue weighted by molar-refractivity contribution is 9.10. The molecule has 0 bridgehead atoms. The second kappa shape index (κ2) is 3.00. The summed E-state index contributed by atoms with van der Waals surface area (Å²) in [7, 11) is 0. The summed E-state index contributed by atoms with van der Waals surface area (Å²) in [5.41, 5.74) is 2.87. The van der Waals surface area contributed by atoms with Crippen molar-refractivity contribution in [2.75, 3.05) is 0 Å². The first-order chi connectivity index (χ1) is 6.24. The molecule has 0 radical (unpaired) electrons. The zero-order valence-corrected chi connectivity index (χ0v) is 8.68. The van der Waals surface area contributed by atoms with Gasteiger partial charge in [-0.15, -0.1) is 0 Å². The third kappa shape index (κ3) is 1.20. The van der Waals surface area contributed by atoms with E-state index in [2.05, 4.69) is 20.9 Å². The zero-order valence-electron chi connectivity index (χ0n) is 7.10. The van der Waals surface area contributed by atoms with E-state index in [-0.39, 0.29) is 0 Å². The van der Waals surface area contributed by atoms with Crippen molar-refractivity contribution in [1.82, 2.24) is 4.98 Å². The van der Waals surface area contributed by atoms with Gasteiger partial charge in [0.25, 0.3) is 0 Å². The molecule has 2 aromatic rings. The molecule has 0 unspecified atom stereocenters. The van der Waals surface area contributed by atoms with Gasteiger partial charge in [-0.2, -0.15) is 0 Å². The molecular weight excluding hydrogens is 230 g/mol. The molecule has 0 fully saturated rings. The van der Waals surface area contributed by atoms with Gasteiger partial charge in [-0.05, 0) is 18.6 Å². The number of H-pyrrole nitrogens is 1. The molecule has 0 amide bonds. The van der Waals surface area contributed by atoms with Gasteiger partial charge in [0.15, 0.2) is 6.29 Å². The van der Waals surface area contributed by atoms with Crippen LogP contribution >= 0.6 is 15.9 Å². The van der Waals surface area contributed by atoms with Gasteiger partial charge in [-0.1, -0.05) is 22.0 Å². The molecule has 2 nitrogen and oxygen atoms in total. The van der Waals surface area contributed by atoms with E-state index in [9.17, 15) is 4.79 Å². The number of rotatable bonds is 1. The Hall–Kier alpha value is -1.09. The number of fused-ring (bicyclic) bond motifs is 1. The number of aldehydes is 1. The number of carbonyl (C=O) groups excluding carboxylic acids is 1. The zero-order chi connectivity index (χ0) is 9.42. The predicted octanol–water partition coefficient (Wildman–Crippen LogP) is 3.05. The first kappa shape index (κ1) is 8.51. The van der Waals surface area contributed by atoms with E-state index in [0.29, 0.717) is 5.56 Å². The molecule has 0 atom stereocenters. The van der Waals surface area contributed by atoms with Crippen molar-refractivity contribution in [3.8, 4) is 0 Å². The second-order valence-corrected chi connectivity index (χ2v) is 3.81. The van der Waals surface area contributed by atoms with Crippen molar-refractivity contribution in [2.45, 2.75) is 6.92 Å². The summed E-state index contributed by atoms with van der Waals surface area (Å²) in [5, 5.41) is 0.982. The molecule has 0 spiro atoms. The number of aromatic nitrogens is 1. The van der Waals surface area contributed by atoms with Gasteiger partial charge in [0.1, 0.15) is 0 Å². The third-order valence-corrected chi connectivity index (χ3v) is 3.07. The lowest BCUT2D eigenvalue weighted by molar-refractivity contribution is 0.112. The Morgan fingerprint density at radius 3 is 2.92 bits per heavy atom. The first-order valence-electron chi connectivity index (χ1n) is 3.95. The van der Waals surface area contributed by atoms with Crippen molar-refractivity contribution < 1.29 is 4.79 Å². The van der Waals surface area contributed by atoms with E-state index < -0.39 is 0 Å². The summed E-state index contributed by atoms with van der Waals surface area (Å²) in [4.78, 5) is 13.7. The summed E-state index contributed by atoms with van der Waals surface area (Å²) in [5.74, 6) is 0. The molecule has 13 heavy (non-hydrogen) atoms. The average Bonchev–Trinajstić information content (AvgIpc) is 2.55. The smallest absolute Gasteiger partial charge is 0.152 e. The van der Waals surface area contributed by atoms with E-state index >= 15 is 0 Å². The van der Waals surface area contributed by atoms with Crippen LogP contribution in [0, 0.1) is 6.92 Å². The SMILES string of the molecule is Cc1c(Br)ccc2c(C=O)c[nH]c12. The topological polar surface area (TPSA) is 32.9 Å². The van der Waals surface area contributed by atoms with Crippen LogP contribution in [0.3, 0.4) is 0 Å². The fourth-order valence-electron chi connectivity index (χ4n) is 1.44. The number of halogens is 1. The highest BCUT2D eigenvalue weighted by atomic mass is 79.9. The fourth-order valence-corrected chi connectivity index (χ4v) is 1.77. The Kier molecular flexibility index (Phi) is 1.96. The van der Waals surface area contributed by atoms with Crippen LogP contribution in [0.5, 0.6) is 0 Å². The number of nitrogens with one attached hydrogen (secondary N) is 1. The first-order valence-corrected chi connectivity index (χ1v) is 4.74. The van der Waals surface area contributed by atoms with Gasteiger partial charge >= 0.3 is 0 Å². The van der Waals surface area contributed by atoms with Crippen molar-refractivity contribution in [3.05, 3.63) is 33.9 Å². The van der Waals surface area contributed by atoms with Crippen molar-refractivity contribution in [3.63, 3.8) is 0 Å². The second-order valence-electron chi connectivity index (χ2n) is 2.96. The summed E-state index contributed by atoms with van der Waals surface area (Å²) in [6.45, 7) is 2.01. The van der Waals surface area contributed by atoms with E-state index in [1.54, 1.807) is 6.20 Å². The van der Waals surface area contributed by atoms with Crippen LogP contribution in [0.1, 0.15) is 15.9 Å².